The van der Waals surface area contributed by atoms with Crippen LogP contribution in [0.1, 0.15) is 54.4 Å². The number of carbonyl (C=O) groups is 1. The number of carbonyl (C=O) groups excluding carboxylic acids is 1. The first-order chi connectivity index (χ1) is 19.4. The lowest BCUT2D eigenvalue weighted by Gasteiger charge is -2.47. The summed E-state index contributed by atoms with van der Waals surface area (Å²) < 4.78 is 76.7. The standard InChI is InChI=1S/C28H29F3N4O5S/c1-40-19-3-2-4-20(16-19)41(38,39)35-22-8-7-18(25(36)33-23-9-14-32-34-23)15-21(22)26(24(35)17-5-6-17)10-12-27(37,13-11-26)28(29,30)31/h2-4,7-9,14-17,24,37H,5-6,10-13H2,1H3,(H2,32,33,34,36). The van der Waals surface area contributed by atoms with Gasteiger partial charge in [-0.1, -0.05) is 6.07 Å². The van der Waals surface area contributed by atoms with Crippen molar-refractivity contribution in [1.82, 2.24) is 10.2 Å². The Kier molecular flexibility index (Phi) is 6.38. The lowest BCUT2D eigenvalue weighted by atomic mass is 9.61. The van der Waals surface area contributed by atoms with Gasteiger partial charge in [0.15, 0.2) is 5.60 Å². The highest BCUT2D eigenvalue weighted by Gasteiger charge is 2.65. The van der Waals surface area contributed by atoms with Crippen molar-refractivity contribution in [2.45, 2.75) is 66.7 Å². The van der Waals surface area contributed by atoms with Crippen molar-refractivity contribution in [1.29, 1.82) is 0 Å². The number of halogens is 3. The molecule has 1 unspecified atom stereocenters. The van der Waals surface area contributed by atoms with E-state index in [0.29, 0.717) is 22.8 Å². The Bertz CT molecular complexity index is 1580. The van der Waals surface area contributed by atoms with Gasteiger partial charge in [0.1, 0.15) is 11.6 Å². The average Bonchev–Trinajstić information content (AvgIpc) is 3.58. The summed E-state index contributed by atoms with van der Waals surface area (Å²) in [6, 6.07) is 11.6. The highest BCUT2D eigenvalue weighted by Crippen LogP contribution is 2.62. The zero-order valence-corrected chi connectivity index (χ0v) is 22.9. The second-order valence-electron chi connectivity index (χ2n) is 11.1. The minimum Gasteiger partial charge on any atom is -0.497 e. The molecule has 0 radical (unpaired) electrons. The first-order valence-electron chi connectivity index (χ1n) is 13.3. The molecule has 2 saturated carbocycles. The van der Waals surface area contributed by atoms with Crippen LogP contribution >= 0.6 is 0 Å². The second-order valence-corrected chi connectivity index (χ2v) is 12.9. The number of aromatic amines is 1. The highest BCUT2D eigenvalue weighted by molar-refractivity contribution is 7.93. The molecule has 2 aliphatic carbocycles. The number of fused-ring (bicyclic) bond motifs is 2. The Morgan fingerprint density at radius 2 is 1.85 bits per heavy atom. The predicted octanol–water partition coefficient (Wildman–Crippen LogP) is 4.76. The molecule has 1 aromatic heterocycles. The van der Waals surface area contributed by atoms with Crippen LogP contribution in [-0.4, -0.2) is 54.6 Å². The number of anilines is 2. The van der Waals surface area contributed by atoms with Gasteiger partial charge in [-0.05, 0) is 80.3 Å². The van der Waals surface area contributed by atoms with Crippen molar-refractivity contribution >= 4 is 27.4 Å². The number of hydrogen-bond acceptors (Lipinski definition) is 6. The van der Waals surface area contributed by atoms with Crippen LogP contribution in [0.4, 0.5) is 24.7 Å². The monoisotopic (exact) mass is 590 g/mol. The van der Waals surface area contributed by atoms with Crippen LogP contribution in [0.25, 0.3) is 0 Å². The number of nitrogens with zero attached hydrogens (tertiary/aromatic N) is 2. The SMILES string of the molecule is COc1cccc(S(=O)(=O)N2c3ccc(C(=O)Nc4ccn[nH]4)cc3C3(CCC(O)(C(F)(F)F)CC3)C2C2CC2)c1. The number of methoxy groups -OCH3 is 1. The first kappa shape index (κ1) is 27.6. The van der Waals surface area contributed by atoms with Crippen molar-refractivity contribution < 1.29 is 36.2 Å². The molecule has 0 saturated heterocycles. The number of amides is 1. The summed E-state index contributed by atoms with van der Waals surface area (Å²) in [5.41, 5.74) is -2.82. The van der Waals surface area contributed by atoms with Gasteiger partial charge in [-0.15, -0.1) is 0 Å². The van der Waals surface area contributed by atoms with Crippen LogP contribution < -0.4 is 14.4 Å². The molecule has 9 nitrogen and oxygen atoms in total. The van der Waals surface area contributed by atoms with Crippen molar-refractivity contribution in [3.05, 3.63) is 65.9 Å². The zero-order valence-electron chi connectivity index (χ0n) is 22.1. The van der Waals surface area contributed by atoms with Crippen molar-refractivity contribution in [2.75, 3.05) is 16.7 Å². The number of nitrogens with one attached hydrogen (secondary N) is 2. The summed E-state index contributed by atoms with van der Waals surface area (Å²) in [7, 11) is -2.76. The number of hydrogen-bond donors (Lipinski definition) is 3. The minimum atomic E-state index is -4.82. The third-order valence-electron chi connectivity index (χ3n) is 8.76. The number of aliphatic hydroxyl groups is 1. The maximum atomic E-state index is 14.3. The minimum absolute atomic E-state index is 0.00540. The molecule has 6 rings (SSSR count). The van der Waals surface area contributed by atoms with Gasteiger partial charge in [-0.3, -0.25) is 14.2 Å². The van der Waals surface area contributed by atoms with Crippen LogP contribution in [0.15, 0.2) is 59.6 Å². The number of rotatable bonds is 6. The summed E-state index contributed by atoms with van der Waals surface area (Å²) in [4.78, 5) is 13.1. The van der Waals surface area contributed by atoms with Gasteiger partial charge in [0.05, 0.1) is 29.9 Å². The third kappa shape index (κ3) is 4.45. The van der Waals surface area contributed by atoms with Crippen molar-refractivity contribution in [3.8, 4) is 5.75 Å². The Morgan fingerprint density at radius 1 is 1.12 bits per heavy atom. The molecule has 1 aliphatic heterocycles. The molecule has 2 fully saturated rings. The van der Waals surface area contributed by atoms with Crippen LogP contribution in [0, 0.1) is 5.92 Å². The van der Waals surface area contributed by atoms with E-state index in [1.54, 1.807) is 30.3 Å². The molecule has 3 aromatic rings. The molecule has 1 amide bonds. The van der Waals surface area contributed by atoms with Crippen molar-refractivity contribution in [2.24, 2.45) is 5.92 Å². The molecule has 41 heavy (non-hydrogen) atoms. The number of ether oxygens (including phenoxy) is 1. The number of benzene rings is 2. The third-order valence-corrected chi connectivity index (χ3v) is 10.6. The fourth-order valence-corrected chi connectivity index (χ4v) is 8.32. The second kappa shape index (κ2) is 9.48. The van der Waals surface area contributed by atoms with Crippen LogP contribution in [0.2, 0.25) is 0 Å². The van der Waals surface area contributed by atoms with E-state index in [1.165, 1.54) is 35.8 Å². The van der Waals surface area contributed by atoms with E-state index < -0.39 is 52.0 Å². The lowest BCUT2D eigenvalue weighted by Crippen LogP contribution is -2.56. The molecule has 2 aromatic carbocycles. The topological polar surface area (TPSA) is 125 Å². The lowest BCUT2D eigenvalue weighted by molar-refractivity contribution is -0.273. The summed E-state index contributed by atoms with van der Waals surface area (Å²) in [5, 5.41) is 19.7. The van der Waals surface area contributed by atoms with Gasteiger partial charge in [-0.2, -0.15) is 18.3 Å². The Balaban J connectivity index is 1.49. The normalized spacial score (nSPS) is 26.2. The number of aromatic nitrogens is 2. The van der Waals surface area contributed by atoms with Gasteiger partial charge in [0.2, 0.25) is 0 Å². The molecule has 13 heteroatoms. The molecular formula is C28H29F3N4O5S. The molecule has 3 aliphatic rings. The maximum absolute atomic E-state index is 14.3. The quantitative estimate of drug-likeness (QED) is 0.380. The first-order valence-corrected chi connectivity index (χ1v) is 14.8. The van der Waals surface area contributed by atoms with Gasteiger partial charge < -0.3 is 15.2 Å². The predicted molar refractivity (Wildman–Crippen MR) is 143 cm³/mol. The molecule has 0 bridgehead atoms. The Morgan fingerprint density at radius 3 is 2.46 bits per heavy atom. The molecule has 218 valence electrons. The zero-order chi connectivity index (χ0) is 29.2. The number of H-pyrrole nitrogens is 1. The summed E-state index contributed by atoms with van der Waals surface area (Å²) in [6.07, 6.45) is -3.22. The van der Waals surface area contributed by atoms with Crippen LogP contribution in [0.3, 0.4) is 0 Å². The van der Waals surface area contributed by atoms with E-state index in [2.05, 4.69) is 15.5 Å². The average molecular weight is 591 g/mol. The summed E-state index contributed by atoms with van der Waals surface area (Å²) >= 11 is 0. The molecule has 2 heterocycles. The maximum Gasteiger partial charge on any atom is 0.417 e. The Labute approximate surface area is 234 Å². The fourth-order valence-electron chi connectivity index (χ4n) is 6.49. The number of alkyl halides is 3. The van der Waals surface area contributed by atoms with Gasteiger partial charge >= 0.3 is 6.18 Å². The van der Waals surface area contributed by atoms with Gasteiger partial charge in [0, 0.05) is 23.1 Å². The fraction of sp³-hybridized carbons (Fsp3) is 0.429. The van der Waals surface area contributed by atoms with Crippen LogP contribution in [0.5, 0.6) is 5.75 Å². The van der Waals surface area contributed by atoms with E-state index in [4.69, 9.17) is 4.74 Å². The number of sulfonamides is 1. The smallest absolute Gasteiger partial charge is 0.417 e. The Hall–Kier alpha value is -3.58. The highest BCUT2D eigenvalue weighted by atomic mass is 32.2. The van der Waals surface area contributed by atoms with E-state index in [9.17, 15) is 31.5 Å². The summed E-state index contributed by atoms with van der Waals surface area (Å²) in [6.45, 7) is 0. The molecular weight excluding hydrogens is 561 g/mol. The van der Waals surface area contributed by atoms with Gasteiger partial charge in [-0.25, -0.2) is 8.42 Å². The van der Waals surface area contributed by atoms with E-state index in [1.807, 2.05) is 0 Å². The van der Waals surface area contributed by atoms with E-state index in [-0.39, 0.29) is 29.2 Å². The van der Waals surface area contributed by atoms with Gasteiger partial charge in [0.25, 0.3) is 15.9 Å². The molecule has 1 spiro atoms. The summed E-state index contributed by atoms with van der Waals surface area (Å²) in [5.74, 6) is 0.145. The molecule has 3 N–H and O–H groups in total. The van der Waals surface area contributed by atoms with Crippen LogP contribution in [-0.2, 0) is 15.4 Å². The van der Waals surface area contributed by atoms with E-state index in [0.717, 1.165) is 12.8 Å². The largest absolute Gasteiger partial charge is 0.497 e. The van der Waals surface area contributed by atoms with E-state index >= 15 is 0 Å². The molecule has 1 atom stereocenters. The van der Waals surface area contributed by atoms with Crippen molar-refractivity contribution in [3.63, 3.8) is 0 Å².